The number of carbonyl (C=O) groups is 1. The summed E-state index contributed by atoms with van der Waals surface area (Å²) in [5, 5.41) is 0. The van der Waals surface area contributed by atoms with Gasteiger partial charge in [0.25, 0.3) is 5.91 Å². The molecule has 0 atom stereocenters. The molecule has 0 radical (unpaired) electrons. The first kappa shape index (κ1) is 18.2. The van der Waals surface area contributed by atoms with Crippen molar-refractivity contribution in [2.45, 2.75) is 31.4 Å². The molecule has 0 aliphatic heterocycles. The molecule has 128 valence electrons. The number of aryl methyl sites for hydroxylation is 1. The lowest BCUT2D eigenvalue weighted by Gasteiger charge is -2.18. The summed E-state index contributed by atoms with van der Waals surface area (Å²) in [6.45, 7) is 7.09. The Morgan fingerprint density at radius 1 is 0.917 bits per heavy atom. The molecule has 0 aliphatic carbocycles. The first-order chi connectivity index (χ1) is 11.4. The average molecular weight is 345 g/mol. The van der Waals surface area contributed by atoms with E-state index in [9.17, 15) is 13.2 Å². The normalized spacial score (nSPS) is 11.3. The molecule has 0 N–H and O–H groups in total. The predicted octanol–water partition coefficient (Wildman–Crippen LogP) is 3.45. The Labute approximate surface area is 144 Å². The summed E-state index contributed by atoms with van der Waals surface area (Å²) >= 11 is 0. The summed E-state index contributed by atoms with van der Waals surface area (Å²) in [7, 11) is -3.38. The van der Waals surface area contributed by atoms with E-state index in [0.29, 0.717) is 29.1 Å². The number of carbonyl (C=O) groups excluding carboxylic acids is 1. The number of nitrogens with zero attached hydrogens (tertiary/aromatic N) is 1. The van der Waals surface area contributed by atoms with Crippen LogP contribution in [0, 0.1) is 6.92 Å². The van der Waals surface area contributed by atoms with Gasteiger partial charge in [0.15, 0.2) is 9.84 Å². The van der Waals surface area contributed by atoms with Crippen LogP contribution in [-0.2, 0) is 15.6 Å². The first-order valence-corrected chi connectivity index (χ1v) is 9.70. The maximum Gasteiger partial charge on any atom is 0.253 e. The summed E-state index contributed by atoms with van der Waals surface area (Å²) < 4.78 is 24.9. The highest BCUT2D eigenvalue weighted by Gasteiger charge is 2.16. The van der Waals surface area contributed by atoms with E-state index in [0.717, 1.165) is 5.56 Å². The lowest BCUT2D eigenvalue weighted by atomic mass is 10.1. The average Bonchev–Trinajstić information content (AvgIpc) is 2.56. The highest BCUT2D eigenvalue weighted by Crippen LogP contribution is 2.18. The minimum Gasteiger partial charge on any atom is -0.339 e. The van der Waals surface area contributed by atoms with Crippen molar-refractivity contribution in [1.29, 1.82) is 0 Å². The van der Waals surface area contributed by atoms with E-state index in [4.69, 9.17) is 0 Å². The van der Waals surface area contributed by atoms with Crippen molar-refractivity contribution in [3.8, 4) is 0 Å². The SMILES string of the molecule is CCN(CC)C(=O)c1ccc(CS(=O)(=O)c2ccc(C)cc2)cc1. The highest BCUT2D eigenvalue weighted by molar-refractivity contribution is 7.90. The van der Waals surface area contributed by atoms with Crippen LogP contribution in [0.1, 0.15) is 35.3 Å². The molecule has 0 fully saturated rings. The molecular weight excluding hydrogens is 322 g/mol. The molecule has 2 aromatic carbocycles. The van der Waals surface area contributed by atoms with Gasteiger partial charge in [-0.25, -0.2) is 8.42 Å². The van der Waals surface area contributed by atoms with Crippen molar-refractivity contribution in [2.75, 3.05) is 13.1 Å². The summed E-state index contributed by atoms with van der Waals surface area (Å²) in [5.41, 5.74) is 2.27. The molecular formula is C19H23NO3S. The lowest BCUT2D eigenvalue weighted by Crippen LogP contribution is -2.30. The van der Waals surface area contributed by atoms with E-state index < -0.39 is 9.84 Å². The van der Waals surface area contributed by atoms with Gasteiger partial charge in [-0.2, -0.15) is 0 Å². The molecule has 0 spiro atoms. The van der Waals surface area contributed by atoms with Gasteiger partial charge in [-0.05, 0) is 50.6 Å². The topological polar surface area (TPSA) is 54.5 Å². The fourth-order valence-electron chi connectivity index (χ4n) is 2.49. The molecule has 0 unspecified atom stereocenters. The van der Waals surface area contributed by atoms with Crippen LogP contribution in [-0.4, -0.2) is 32.3 Å². The fourth-order valence-corrected chi connectivity index (χ4v) is 3.83. The van der Waals surface area contributed by atoms with Gasteiger partial charge in [-0.1, -0.05) is 29.8 Å². The quantitative estimate of drug-likeness (QED) is 0.806. The van der Waals surface area contributed by atoms with E-state index in [1.54, 1.807) is 53.4 Å². The number of hydrogen-bond acceptors (Lipinski definition) is 3. The second-order valence-electron chi connectivity index (χ2n) is 5.75. The first-order valence-electron chi connectivity index (χ1n) is 8.05. The molecule has 24 heavy (non-hydrogen) atoms. The van der Waals surface area contributed by atoms with Gasteiger partial charge >= 0.3 is 0 Å². The minimum atomic E-state index is -3.38. The molecule has 2 rings (SSSR count). The lowest BCUT2D eigenvalue weighted by molar-refractivity contribution is 0.0773. The van der Waals surface area contributed by atoms with Crippen LogP contribution in [0.2, 0.25) is 0 Å². The number of hydrogen-bond donors (Lipinski definition) is 0. The van der Waals surface area contributed by atoms with Crippen molar-refractivity contribution < 1.29 is 13.2 Å². The Kier molecular flexibility index (Phi) is 5.78. The van der Waals surface area contributed by atoms with Crippen LogP contribution in [0.15, 0.2) is 53.4 Å². The van der Waals surface area contributed by atoms with Crippen LogP contribution in [0.5, 0.6) is 0 Å². The zero-order chi connectivity index (χ0) is 17.7. The van der Waals surface area contributed by atoms with Crippen molar-refractivity contribution in [3.05, 3.63) is 65.2 Å². The Hall–Kier alpha value is -2.14. The standard InChI is InChI=1S/C19H23NO3S/c1-4-20(5-2)19(21)17-10-8-16(9-11-17)14-24(22,23)18-12-6-15(3)7-13-18/h6-13H,4-5,14H2,1-3H3. The molecule has 0 heterocycles. The highest BCUT2D eigenvalue weighted by atomic mass is 32.2. The third-order valence-corrected chi connectivity index (χ3v) is 5.69. The molecule has 0 bridgehead atoms. The minimum absolute atomic E-state index is 0.0343. The van der Waals surface area contributed by atoms with E-state index in [1.807, 2.05) is 20.8 Å². The molecule has 2 aromatic rings. The molecule has 5 heteroatoms. The smallest absolute Gasteiger partial charge is 0.253 e. The molecule has 4 nitrogen and oxygen atoms in total. The number of amides is 1. The third kappa shape index (κ3) is 4.23. The zero-order valence-corrected chi connectivity index (χ0v) is 15.1. The van der Waals surface area contributed by atoms with E-state index >= 15 is 0 Å². The van der Waals surface area contributed by atoms with Gasteiger partial charge in [0.2, 0.25) is 0 Å². The van der Waals surface area contributed by atoms with Gasteiger partial charge in [-0.3, -0.25) is 4.79 Å². The van der Waals surface area contributed by atoms with Crippen molar-refractivity contribution >= 4 is 15.7 Å². The monoisotopic (exact) mass is 345 g/mol. The Balaban J connectivity index is 2.16. The number of benzene rings is 2. The molecule has 0 saturated carbocycles. The largest absolute Gasteiger partial charge is 0.339 e. The summed E-state index contributed by atoms with van der Waals surface area (Å²) in [5.74, 6) is -0.108. The van der Waals surface area contributed by atoms with Crippen LogP contribution < -0.4 is 0 Å². The van der Waals surface area contributed by atoms with E-state index in [2.05, 4.69) is 0 Å². The molecule has 0 saturated heterocycles. The second-order valence-corrected chi connectivity index (χ2v) is 7.74. The third-order valence-electron chi connectivity index (χ3n) is 3.99. The van der Waals surface area contributed by atoms with Gasteiger partial charge < -0.3 is 4.90 Å². The Bertz CT molecular complexity index is 790. The molecule has 1 amide bonds. The van der Waals surface area contributed by atoms with E-state index in [-0.39, 0.29) is 11.7 Å². The van der Waals surface area contributed by atoms with Crippen LogP contribution in [0.4, 0.5) is 0 Å². The van der Waals surface area contributed by atoms with Gasteiger partial charge in [0, 0.05) is 18.7 Å². The molecule has 0 aromatic heterocycles. The van der Waals surface area contributed by atoms with Crippen molar-refractivity contribution in [1.82, 2.24) is 4.90 Å². The maximum atomic E-state index is 12.5. The van der Waals surface area contributed by atoms with Crippen LogP contribution in [0.3, 0.4) is 0 Å². The predicted molar refractivity (Wildman–Crippen MR) is 95.8 cm³/mol. The second kappa shape index (κ2) is 7.62. The fraction of sp³-hybridized carbons (Fsp3) is 0.316. The van der Waals surface area contributed by atoms with Gasteiger partial charge in [-0.15, -0.1) is 0 Å². The van der Waals surface area contributed by atoms with Crippen molar-refractivity contribution in [3.63, 3.8) is 0 Å². The summed E-state index contributed by atoms with van der Waals surface area (Å²) in [6, 6.07) is 13.6. The van der Waals surface area contributed by atoms with Gasteiger partial charge in [0.05, 0.1) is 10.6 Å². The summed E-state index contributed by atoms with van der Waals surface area (Å²) in [4.78, 5) is 14.3. The Morgan fingerprint density at radius 3 is 1.96 bits per heavy atom. The zero-order valence-electron chi connectivity index (χ0n) is 14.3. The Morgan fingerprint density at radius 2 is 1.46 bits per heavy atom. The maximum absolute atomic E-state index is 12.5. The number of sulfone groups is 1. The van der Waals surface area contributed by atoms with Gasteiger partial charge in [0.1, 0.15) is 0 Å². The molecule has 0 aliphatic rings. The summed E-state index contributed by atoms with van der Waals surface area (Å²) in [6.07, 6.45) is 0. The van der Waals surface area contributed by atoms with E-state index in [1.165, 1.54) is 0 Å². The van der Waals surface area contributed by atoms with Crippen LogP contribution >= 0.6 is 0 Å². The van der Waals surface area contributed by atoms with Crippen LogP contribution in [0.25, 0.3) is 0 Å². The van der Waals surface area contributed by atoms with Crippen molar-refractivity contribution in [2.24, 2.45) is 0 Å². The number of rotatable bonds is 6.